The molecule has 1 fully saturated rings. The second kappa shape index (κ2) is 4.91. The summed E-state index contributed by atoms with van der Waals surface area (Å²) in [4.78, 5) is 0. The average Bonchev–Trinajstić information content (AvgIpc) is 2.69. The summed E-state index contributed by atoms with van der Waals surface area (Å²) in [6, 6.07) is 4.35. The lowest BCUT2D eigenvalue weighted by molar-refractivity contribution is 0.416. The molecule has 0 spiro atoms. The molecule has 0 saturated heterocycles. The fourth-order valence-electron chi connectivity index (χ4n) is 2.63. The fraction of sp³-hybridized carbons (Fsp3) is 0.538. The number of hydrogen-bond donors (Lipinski definition) is 1. The van der Waals surface area contributed by atoms with Crippen molar-refractivity contribution in [2.45, 2.75) is 31.7 Å². The highest BCUT2D eigenvalue weighted by molar-refractivity contribution is 5.19. The molecule has 0 aliphatic heterocycles. The molecule has 1 N–H and O–H groups in total. The summed E-state index contributed by atoms with van der Waals surface area (Å²) in [5.74, 6) is -0.440. The normalized spacial score (nSPS) is 24.9. The van der Waals surface area contributed by atoms with Crippen LogP contribution in [0.1, 0.15) is 24.8 Å². The van der Waals surface area contributed by atoms with E-state index in [1.165, 1.54) is 12.5 Å². The molecule has 0 aromatic heterocycles. The molecule has 2 atom stereocenters. The summed E-state index contributed by atoms with van der Waals surface area (Å²) in [7, 11) is 1.95. The summed E-state index contributed by atoms with van der Waals surface area (Å²) < 4.78 is 26.2. The molecular weight excluding hydrogens is 208 g/mol. The molecule has 1 saturated carbocycles. The van der Waals surface area contributed by atoms with Crippen LogP contribution in [0.2, 0.25) is 0 Å². The Bertz CT molecular complexity index is 365. The van der Waals surface area contributed by atoms with E-state index in [1.54, 1.807) is 6.07 Å². The highest BCUT2D eigenvalue weighted by Gasteiger charge is 2.26. The van der Waals surface area contributed by atoms with E-state index in [4.69, 9.17) is 0 Å². The van der Waals surface area contributed by atoms with Gasteiger partial charge in [0, 0.05) is 12.1 Å². The van der Waals surface area contributed by atoms with E-state index in [1.807, 2.05) is 7.05 Å². The number of rotatable bonds is 3. The van der Waals surface area contributed by atoms with Gasteiger partial charge in [-0.3, -0.25) is 0 Å². The van der Waals surface area contributed by atoms with Gasteiger partial charge >= 0.3 is 0 Å². The lowest BCUT2D eigenvalue weighted by Crippen LogP contribution is -2.30. The quantitative estimate of drug-likeness (QED) is 0.834. The Balaban J connectivity index is 2.08. The molecule has 2 unspecified atom stereocenters. The highest BCUT2D eigenvalue weighted by atomic mass is 19.1. The minimum atomic E-state index is -0.502. The first kappa shape index (κ1) is 11.5. The minimum Gasteiger partial charge on any atom is -0.317 e. The number of nitrogens with one attached hydrogen (secondary N) is 1. The van der Waals surface area contributed by atoms with Gasteiger partial charge in [0.05, 0.1) is 0 Å². The van der Waals surface area contributed by atoms with E-state index < -0.39 is 11.6 Å². The maximum atomic E-state index is 13.5. The van der Waals surface area contributed by atoms with Gasteiger partial charge in [-0.15, -0.1) is 0 Å². The van der Waals surface area contributed by atoms with Crippen LogP contribution in [0.25, 0.3) is 0 Å². The Morgan fingerprint density at radius 2 is 2.12 bits per heavy atom. The Hall–Kier alpha value is -0.960. The third-order valence-corrected chi connectivity index (χ3v) is 3.53. The van der Waals surface area contributed by atoms with E-state index >= 15 is 0 Å². The molecule has 1 nitrogen and oxygen atoms in total. The van der Waals surface area contributed by atoms with Crippen LogP contribution in [0.3, 0.4) is 0 Å². The van der Waals surface area contributed by atoms with Crippen molar-refractivity contribution >= 4 is 0 Å². The monoisotopic (exact) mass is 225 g/mol. The molecule has 16 heavy (non-hydrogen) atoms. The molecule has 3 heteroatoms. The maximum absolute atomic E-state index is 13.5. The van der Waals surface area contributed by atoms with E-state index in [0.717, 1.165) is 18.9 Å². The molecule has 2 rings (SSSR count). The zero-order valence-corrected chi connectivity index (χ0v) is 9.47. The fourth-order valence-corrected chi connectivity index (χ4v) is 2.63. The smallest absolute Gasteiger partial charge is 0.129 e. The highest BCUT2D eigenvalue weighted by Crippen LogP contribution is 2.29. The molecule has 1 aromatic carbocycles. The van der Waals surface area contributed by atoms with Crippen LogP contribution in [0.15, 0.2) is 18.2 Å². The zero-order chi connectivity index (χ0) is 11.5. The molecule has 1 aromatic rings. The van der Waals surface area contributed by atoms with Crippen molar-refractivity contribution < 1.29 is 8.78 Å². The van der Waals surface area contributed by atoms with Gasteiger partial charge < -0.3 is 5.32 Å². The summed E-state index contributed by atoms with van der Waals surface area (Å²) in [5, 5.41) is 3.27. The van der Waals surface area contributed by atoms with Crippen molar-refractivity contribution in [3.63, 3.8) is 0 Å². The van der Waals surface area contributed by atoms with Gasteiger partial charge in [-0.2, -0.15) is 0 Å². The predicted octanol–water partition coefficient (Wildman–Crippen LogP) is 2.90. The average molecular weight is 225 g/mol. The van der Waals surface area contributed by atoms with Crippen LogP contribution >= 0.6 is 0 Å². The summed E-state index contributed by atoms with van der Waals surface area (Å²) in [6.07, 6.45) is 4.18. The maximum Gasteiger partial charge on any atom is 0.129 e. The first-order valence-corrected chi connectivity index (χ1v) is 5.82. The SMILES string of the molecule is CNC1CCCC1Cc1ccc(F)cc1F. The Morgan fingerprint density at radius 1 is 1.31 bits per heavy atom. The van der Waals surface area contributed by atoms with Crippen LogP contribution < -0.4 is 5.32 Å². The van der Waals surface area contributed by atoms with E-state index in [-0.39, 0.29) is 0 Å². The van der Waals surface area contributed by atoms with E-state index in [0.29, 0.717) is 23.9 Å². The van der Waals surface area contributed by atoms with Crippen molar-refractivity contribution in [3.8, 4) is 0 Å². The molecule has 0 heterocycles. The lowest BCUT2D eigenvalue weighted by Gasteiger charge is -2.19. The van der Waals surface area contributed by atoms with Crippen molar-refractivity contribution in [3.05, 3.63) is 35.4 Å². The molecule has 0 amide bonds. The van der Waals surface area contributed by atoms with Crippen LogP contribution in [-0.4, -0.2) is 13.1 Å². The largest absolute Gasteiger partial charge is 0.317 e. The number of halogens is 2. The van der Waals surface area contributed by atoms with Gasteiger partial charge in [0.1, 0.15) is 11.6 Å². The Morgan fingerprint density at radius 3 is 2.81 bits per heavy atom. The van der Waals surface area contributed by atoms with Gasteiger partial charge in [0.2, 0.25) is 0 Å². The second-order valence-electron chi connectivity index (χ2n) is 4.53. The first-order chi connectivity index (χ1) is 7.70. The third-order valence-electron chi connectivity index (χ3n) is 3.53. The molecule has 88 valence electrons. The van der Waals surface area contributed by atoms with Crippen LogP contribution in [0, 0.1) is 17.6 Å². The molecule has 1 aliphatic carbocycles. The summed E-state index contributed by atoms with van der Waals surface area (Å²) in [5.41, 5.74) is 0.633. The molecule has 1 aliphatic rings. The van der Waals surface area contributed by atoms with Gasteiger partial charge in [-0.1, -0.05) is 12.5 Å². The zero-order valence-electron chi connectivity index (χ0n) is 9.47. The van der Waals surface area contributed by atoms with E-state index in [2.05, 4.69) is 5.32 Å². The molecular formula is C13H17F2N. The first-order valence-electron chi connectivity index (χ1n) is 5.82. The Kier molecular flexibility index (Phi) is 3.54. The lowest BCUT2D eigenvalue weighted by atomic mass is 9.94. The molecule has 0 bridgehead atoms. The Labute approximate surface area is 94.9 Å². The van der Waals surface area contributed by atoms with Crippen molar-refractivity contribution in [2.75, 3.05) is 7.05 Å². The predicted molar refractivity (Wildman–Crippen MR) is 60.3 cm³/mol. The van der Waals surface area contributed by atoms with Gasteiger partial charge in [-0.05, 0) is 43.9 Å². The van der Waals surface area contributed by atoms with Gasteiger partial charge in [0.25, 0.3) is 0 Å². The van der Waals surface area contributed by atoms with Gasteiger partial charge in [-0.25, -0.2) is 8.78 Å². The summed E-state index contributed by atoms with van der Waals surface area (Å²) >= 11 is 0. The standard InChI is InChI=1S/C13H17F2N/c1-16-13-4-2-3-10(13)7-9-5-6-11(14)8-12(9)15/h5-6,8,10,13,16H,2-4,7H2,1H3. The molecule has 0 radical (unpaired) electrons. The van der Waals surface area contributed by atoms with Crippen LogP contribution in [0.5, 0.6) is 0 Å². The third kappa shape index (κ3) is 2.40. The van der Waals surface area contributed by atoms with E-state index in [9.17, 15) is 8.78 Å². The van der Waals surface area contributed by atoms with Crippen molar-refractivity contribution in [1.29, 1.82) is 0 Å². The second-order valence-corrected chi connectivity index (χ2v) is 4.53. The van der Waals surface area contributed by atoms with Crippen molar-refractivity contribution in [1.82, 2.24) is 5.32 Å². The van der Waals surface area contributed by atoms with Crippen LogP contribution in [-0.2, 0) is 6.42 Å². The minimum absolute atomic E-state index is 0.415. The van der Waals surface area contributed by atoms with Gasteiger partial charge in [0.15, 0.2) is 0 Å². The van der Waals surface area contributed by atoms with Crippen molar-refractivity contribution in [2.24, 2.45) is 5.92 Å². The summed E-state index contributed by atoms with van der Waals surface area (Å²) in [6.45, 7) is 0. The topological polar surface area (TPSA) is 12.0 Å². The van der Waals surface area contributed by atoms with Crippen LogP contribution in [0.4, 0.5) is 8.78 Å². The number of benzene rings is 1. The number of hydrogen-bond acceptors (Lipinski definition) is 1.